The van der Waals surface area contributed by atoms with E-state index in [1.165, 1.54) is 0 Å². The van der Waals surface area contributed by atoms with Gasteiger partial charge in [-0.3, -0.25) is 4.79 Å². The Hall–Kier alpha value is -1.36. The second-order valence-electron chi connectivity index (χ2n) is 2.78. The summed E-state index contributed by atoms with van der Waals surface area (Å²) in [5, 5.41) is 3.16. The van der Waals surface area contributed by atoms with Gasteiger partial charge in [-0.05, 0) is 17.7 Å². The Morgan fingerprint density at radius 3 is 2.40 bits per heavy atom. The van der Waals surface area contributed by atoms with Crippen molar-refractivity contribution in [2.75, 3.05) is 12.4 Å². The Morgan fingerprint density at radius 2 is 1.93 bits per heavy atom. The number of hydrogen-bond donors (Lipinski definition) is 1. The fourth-order valence-corrected chi connectivity index (χ4v) is 1.33. The molecule has 1 aromatic rings. The third-order valence-electron chi connectivity index (χ3n) is 1.74. The number of hydrogen-bond acceptors (Lipinski definition) is 3. The third-order valence-corrected chi connectivity index (χ3v) is 2.38. The Kier molecular flexibility index (Phi) is 4.30. The summed E-state index contributed by atoms with van der Waals surface area (Å²) in [5.41, 5.74) is 1.65. The highest BCUT2D eigenvalue weighted by Crippen LogP contribution is 2.11. The molecule has 0 radical (unpaired) electrons. The van der Waals surface area contributed by atoms with Crippen molar-refractivity contribution in [3.8, 4) is 0 Å². The first-order chi connectivity index (χ1) is 7.17. The number of benzene rings is 1. The summed E-state index contributed by atoms with van der Waals surface area (Å²) >= 11 is 3.31. The molecule has 0 heterocycles. The molecule has 0 aliphatic carbocycles. The fraction of sp³-hybridized carbons (Fsp3) is 0.200. The first-order valence-corrected chi connectivity index (χ1v) is 5.33. The summed E-state index contributed by atoms with van der Waals surface area (Å²) in [5.74, 6) is -1.68. The molecule has 0 bridgehead atoms. The number of halogens is 1. The van der Waals surface area contributed by atoms with Crippen LogP contribution in [0.2, 0.25) is 0 Å². The maximum atomic E-state index is 11.1. The largest absolute Gasteiger partial charge is 0.462 e. The number of alkyl halides is 1. The summed E-state index contributed by atoms with van der Waals surface area (Å²) in [6.07, 6.45) is 0. The number of amides is 1. The van der Waals surface area contributed by atoms with E-state index in [0.29, 0.717) is 5.69 Å². The summed E-state index contributed by atoms with van der Waals surface area (Å²) in [7, 11) is 1.16. The van der Waals surface area contributed by atoms with Crippen molar-refractivity contribution in [3.05, 3.63) is 29.8 Å². The van der Waals surface area contributed by atoms with E-state index in [2.05, 4.69) is 26.0 Å². The Bertz CT molecular complexity index is 361. The lowest BCUT2D eigenvalue weighted by atomic mass is 10.2. The van der Waals surface area contributed by atoms with Gasteiger partial charge in [-0.15, -0.1) is 0 Å². The molecule has 0 aliphatic heterocycles. The van der Waals surface area contributed by atoms with E-state index >= 15 is 0 Å². The summed E-state index contributed by atoms with van der Waals surface area (Å²) in [6, 6.07) is 7.14. The van der Waals surface area contributed by atoms with Gasteiger partial charge in [0.2, 0.25) is 0 Å². The normalized spacial score (nSPS) is 9.47. The molecule has 0 saturated heterocycles. The van der Waals surface area contributed by atoms with Crippen molar-refractivity contribution in [1.29, 1.82) is 0 Å². The number of anilines is 1. The lowest BCUT2D eigenvalue weighted by molar-refractivity contribution is -0.150. The van der Waals surface area contributed by atoms with E-state index in [9.17, 15) is 9.59 Å². The molecule has 0 fully saturated rings. The first kappa shape index (κ1) is 11.7. The van der Waals surface area contributed by atoms with Crippen LogP contribution in [0.15, 0.2) is 24.3 Å². The van der Waals surface area contributed by atoms with Crippen molar-refractivity contribution in [2.45, 2.75) is 5.33 Å². The van der Waals surface area contributed by atoms with Crippen LogP contribution in [0.3, 0.4) is 0 Å². The molecule has 0 unspecified atom stereocenters. The monoisotopic (exact) mass is 271 g/mol. The predicted molar refractivity (Wildman–Crippen MR) is 59.7 cm³/mol. The van der Waals surface area contributed by atoms with Crippen LogP contribution in [0.4, 0.5) is 5.69 Å². The lowest BCUT2D eigenvalue weighted by Gasteiger charge is -2.03. The van der Waals surface area contributed by atoms with Gasteiger partial charge in [0.25, 0.3) is 0 Å². The van der Waals surface area contributed by atoms with Crippen LogP contribution in [0, 0.1) is 0 Å². The van der Waals surface area contributed by atoms with Crippen LogP contribution in [0.25, 0.3) is 0 Å². The molecule has 1 rings (SSSR count). The number of carbonyl (C=O) groups is 2. The highest BCUT2D eigenvalue weighted by atomic mass is 79.9. The molecule has 5 heteroatoms. The summed E-state index contributed by atoms with van der Waals surface area (Å²) < 4.78 is 4.27. The minimum absolute atomic E-state index is 0.565. The van der Waals surface area contributed by atoms with Gasteiger partial charge in [0, 0.05) is 11.0 Å². The quantitative estimate of drug-likeness (QED) is 0.506. The van der Waals surface area contributed by atoms with Gasteiger partial charge in [0.05, 0.1) is 7.11 Å². The van der Waals surface area contributed by atoms with E-state index in [1.54, 1.807) is 12.1 Å². The average Bonchev–Trinajstić information content (AvgIpc) is 2.29. The second kappa shape index (κ2) is 5.50. The molecule has 0 atom stereocenters. The molecule has 1 amide bonds. The average molecular weight is 272 g/mol. The van der Waals surface area contributed by atoms with Crippen LogP contribution in [0.5, 0.6) is 0 Å². The van der Waals surface area contributed by atoms with Gasteiger partial charge >= 0.3 is 11.9 Å². The molecule has 1 N–H and O–H groups in total. The van der Waals surface area contributed by atoms with Crippen molar-refractivity contribution in [3.63, 3.8) is 0 Å². The summed E-state index contributed by atoms with van der Waals surface area (Å²) in [6.45, 7) is 0. The molecule has 4 nitrogen and oxygen atoms in total. The molecular weight excluding hydrogens is 262 g/mol. The standard InChI is InChI=1S/C10H10BrNO3/c1-15-10(14)9(13)12-8-4-2-7(6-11)3-5-8/h2-5H,6H2,1H3,(H,12,13). The van der Waals surface area contributed by atoms with Crippen LogP contribution < -0.4 is 5.32 Å². The SMILES string of the molecule is COC(=O)C(=O)Nc1ccc(CBr)cc1. The molecule has 0 aromatic heterocycles. The highest BCUT2D eigenvalue weighted by Gasteiger charge is 2.13. The fourth-order valence-electron chi connectivity index (χ4n) is 0.952. The molecule has 1 aromatic carbocycles. The minimum atomic E-state index is -0.903. The van der Waals surface area contributed by atoms with E-state index in [-0.39, 0.29) is 0 Å². The number of methoxy groups -OCH3 is 1. The number of nitrogens with one attached hydrogen (secondary N) is 1. The Morgan fingerprint density at radius 1 is 1.33 bits per heavy atom. The zero-order valence-electron chi connectivity index (χ0n) is 8.12. The number of rotatable bonds is 2. The van der Waals surface area contributed by atoms with Gasteiger partial charge in [-0.2, -0.15) is 0 Å². The van der Waals surface area contributed by atoms with Crippen molar-refractivity contribution in [1.82, 2.24) is 0 Å². The third kappa shape index (κ3) is 3.36. The topological polar surface area (TPSA) is 55.4 Å². The zero-order chi connectivity index (χ0) is 11.3. The molecule has 0 saturated carbocycles. The number of ether oxygens (including phenoxy) is 1. The molecule has 15 heavy (non-hydrogen) atoms. The second-order valence-corrected chi connectivity index (χ2v) is 3.34. The number of esters is 1. The minimum Gasteiger partial charge on any atom is -0.462 e. The summed E-state index contributed by atoms with van der Waals surface area (Å²) in [4.78, 5) is 21.9. The van der Waals surface area contributed by atoms with E-state index in [0.717, 1.165) is 18.0 Å². The Balaban J connectivity index is 2.65. The van der Waals surface area contributed by atoms with Crippen LogP contribution in [-0.2, 0) is 19.7 Å². The number of carbonyl (C=O) groups excluding carboxylic acids is 2. The van der Waals surface area contributed by atoms with Crippen molar-refractivity contribution in [2.24, 2.45) is 0 Å². The van der Waals surface area contributed by atoms with Gasteiger partial charge in [0.15, 0.2) is 0 Å². The highest BCUT2D eigenvalue weighted by molar-refractivity contribution is 9.08. The van der Waals surface area contributed by atoms with Crippen molar-refractivity contribution < 1.29 is 14.3 Å². The first-order valence-electron chi connectivity index (χ1n) is 4.21. The predicted octanol–water partition coefficient (Wildman–Crippen LogP) is 1.69. The van der Waals surface area contributed by atoms with Crippen molar-refractivity contribution >= 4 is 33.5 Å². The van der Waals surface area contributed by atoms with Crippen LogP contribution >= 0.6 is 15.9 Å². The molecule has 0 spiro atoms. The van der Waals surface area contributed by atoms with Gasteiger partial charge < -0.3 is 10.1 Å². The van der Waals surface area contributed by atoms with Gasteiger partial charge in [0.1, 0.15) is 0 Å². The van der Waals surface area contributed by atoms with E-state index in [4.69, 9.17) is 0 Å². The molecular formula is C10H10BrNO3. The smallest absolute Gasteiger partial charge is 0.396 e. The van der Waals surface area contributed by atoms with Crippen LogP contribution in [-0.4, -0.2) is 19.0 Å². The maximum absolute atomic E-state index is 11.1. The maximum Gasteiger partial charge on any atom is 0.396 e. The van der Waals surface area contributed by atoms with Gasteiger partial charge in [-0.25, -0.2) is 4.79 Å². The molecule has 0 aliphatic rings. The van der Waals surface area contributed by atoms with E-state index < -0.39 is 11.9 Å². The molecule has 80 valence electrons. The lowest BCUT2D eigenvalue weighted by Crippen LogP contribution is -2.23. The van der Waals surface area contributed by atoms with E-state index in [1.807, 2.05) is 12.1 Å². The van der Waals surface area contributed by atoms with Crippen LogP contribution in [0.1, 0.15) is 5.56 Å². The Labute approximate surface area is 95.7 Å². The zero-order valence-corrected chi connectivity index (χ0v) is 9.71. The van der Waals surface area contributed by atoms with Gasteiger partial charge in [-0.1, -0.05) is 28.1 Å².